The van der Waals surface area contributed by atoms with E-state index in [2.05, 4.69) is 0 Å². The van der Waals surface area contributed by atoms with Crippen LogP contribution in [0.5, 0.6) is 11.5 Å². The lowest BCUT2D eigenvalue weighted by molar-refractivity contribution is 0.0885. The molecule has 4 nitrogen and oxygen atoms in total. The van der Waals surface area contributed by atoms with Crippen LogP contribution in [0.1, 0.15) is 30.2 Å². The molecule has 0 saturated heterocycles. The van der Waals surface area contributed by atoms with Gasteiger partial charge in [-0.2, -0.15) is 0 Å². The van der Waals surface area contributed by atoms with E-state index in [-0.39, 0.29) is 17.5 Å². The highest BCUT2D eigenvalue weighted by atomic mass is 16.3. The van der Waals surface area contributed by atoms with Crippen molar-refractivity contribution < 1.29 is 15.3 Å². The number of rotatable bonds is 0. The monoisotopic (exact) mass is 209 g/mol. The Morgan fingerprint density at radius 3 is 2.33 bits per heavy atom. The fraction of sp³-hybridized carbons (Fsp3) is 0.455. The molecule has 2 atom stereocenters. The average Bonchev–Trinajstić information content (AvgIpc) is 2.18. The first-order valence-corrected chi connectivity index (χ1v) is 4.94. The minimum atomic E-state index is -0.604. The van der Waals surface area contributed by atoms with Crippen LogP contribution in [0, 0.1) is 0 Å². The van der Waals surface area contributed by atoms with Crippen LogP contribution in [0.4, 0.5) is 0 Å². The number of aromatic hydroxyl groups is 2. The van der Waals surface area contributed by atoms with Crippen molar-refractivity contribution in [3.8, 4) is 11.5 Å². The highest BCUT2D eigenvalue weighted by Crippen LogP contribution is 2.39. The lowest BCUT2D eigenvalue weighted by Crippen LogP contribution is -2.33. The second-order valence-electron chi connectivity index (χ2n) is 4.10. The molecule has 2 rings (SSSR count). The Balaban J connectivity index is 2.56. The smallest absolute Gasteiger partial charge is 0.157 e. The van der Waals surface area contributed by atoms with E-state index in [1.54, 1.807) is 0 Å². The van der Waals surface area contributed by atoms with Crippen LogP contribution < -0.4 is 0 Å². The van der Waals surface area contributed by atoms with Crippen LogP contribution in [0.15, 0.2) is 12.1 Å². The first-order chi connectivity index (χ1) is 7.00. The van der Waals surface area contributed by atoms with E-state index in [1.165, 1.54) is 12.1 Å². The summed E-state index contributed by atoms with van der Waals surface area (Å²) in [6, 6.07) is 3.10. The molecule has 1 aromatic carbocycles. The molecule has 15 heavy (non-hydrogen) atoms. The molecule has 4 heteroatoms. The quantitative estimate of drug-likeness (QED) is 0.561. The summed E-state index contributed by atoms with van der Waals surface area (Å²) in [6.07, 6.45) is -0.604. The standard InChI is InChI=1S/C11H15NO3/c1-6-7-3-9(13)10(14)4-8(7)11(15)5-12(6)2/h3-4,6,11,13-15H,5H2,1-2H3/t6-,11-/m0/s1. The third kappa shape index (κ3) is 1.56. The maximum absolute atomic E-state index is 9.83. The van der Waals surface area contributed by atoms with Crippen molar-refractivity contribution in [2.24, 2.45) is 0 Å². The zero-order valence-electron chi connectivity index (χ0n) is 8.81. The number of aliphatic hydroxyl groups is 1. The maximum atomic E-state index is 9.83. The van der Waals surface area contributed by atoms with E-state index in [1.807, 2.05) is 18.9 Å². The van der Waals surface area contributed by atoms with Crippen molar-refractivity contribution in [3.05, 3.63) is 23.3 Å². The summed E-state index contributed by atoms with van der Waals surface area (Å²) < 4.78 is 0. The number of hydrogen-bond acceptors (Lipinski definition) is 4. The Hall–Kier alpha value is -1.26. The minimum Gasteiger partial charge on any atom is -0.504 e. The number of fused-ring (bicyclic) bond motifs is 1. The molecule has 1 heterocycles. The van der Waals surface area contributed by atoms with E-state index in [4.69, 9.17) is 0 Å². The molecule has 0 fully saturated rings. The van der Waals surface area contributed by atoms with Crippen LogP contribution in [0.25, 0.3) is 0 Å². The predicted molar refractivity (Wildman–Crippen MR) is 55.8 cm³/mol. The number of nitrogens with zero attached hydrogens (tertiary/aromatic N) is 1. The van der Waals surface area contributed by atoms with Crippen molar-refractivity contribution >= 4 is 0 Å². The van der Waals surface area contributed by atoms with Gasteiger partial charge in [0, 0.05) is 12.6 Å². The van der Waals surface area contributed by atoms with Crippen molar-refractivity contribution in [2.45, 2.75) is 19.1 Å². The number of β-amino-alcohol motifs (C(OH)–C–C–N with tert-alkyl or cyclic N) is 1. The van der Waals surface area contributed by atoms with Crippen LogP contribution in [-0.4, -0.2) is 33.8 Å². The number of likely N-dealkylation sites (N-methyl/N-ethyl adjacent to an activating group) is 1. The lowest BCUT2D eigenvalue weighted by atomic mass is 9.91. The third-order valence-corrected chi connectivity index (χ3v) is 3.11. The van der Waals surface area contributed by atoms with Crippen LogP contribution in [-0.2, 0) is 0 Å². The SMILES string of the molecule is C[C@H]1c2cc(O)c(O)cc2[C@@H](O)CN1C. The van der Waals surface area contributed by atoms with E-state index >= 15 is 0 Å². The molecule has 0 spiro atoms. The summed E-state index contributed by atoms with van der Waals surface area (Å²) in [6.45, 7) is 2.54. The molecule has 0 amide bonds. The highest BCUT2D eigenvalue weighted by Gasteiger charge is 2.28. The number of hydrogen-bond donors (Lipinski definition) is 3. The molecule has 0 aromatic heterocycles. The summed E-state index contributed by atoms with van der Waals surface area (Å²) >= 11 is 0. The topological polar surface area (TPSA) is 63.9 Å². The van der Waals surface area contributed by atoms with Crippen molar-refractivity contribution in [1.29, 1.82) is 0 Å². The predicted octanol–water partition coefficient (Wildman–Crippen LogP) is 1.14. The second-order valence-corrected chi connectivity index (χ2v) is 4.10. The summed E-state index contributed by atoms with van der Waals surface area (Å²) in [4.78, 5) is 2.00. The van der Waals surface area contributed by atoms with E-state index < -0.39 is 6.10 Å². The molecule has 0 unspecified atom stereocenters. The van der Waals surface area contributed by atoms with Gasteiger partial charge in [-0.25, -0.2) is 0 Å². The van der Waals surface area contributed by atoms with E-state index in [0.29, 0.717) is 12.1 Å². The molecule has 0 saturated carbocycles. The second kappa shape index (κ2) is 3.40. The summed E-state index contributed by atoms with van der Waals surface area (Å²) in [5.41, 5.74) is 1.57. The van der Waals surface area contributed by atoms with Crippen LogP contribution in [0.2, 0.25) is 0 Å². The highest BCUT2D eigenvalue weighted by molar-refractivity contribution is 5.48. The van der Waals surface area contributed by atoms with Crippen LogP contribution >= 0.6 is 0 Å². The molecule has 1 aromatic rings. The molecule has 0 radical (unpaired) electrons. The first kappa shape index (κ1) is 10.3. The van der Waals surface area contributed by atoms with Crippen molar-refractivity contribution in [1.82, 2.24) is 4.90 Å². The van der Waals surface area contributed by atoms with Gasteiger partial charge in [-0.1, -0.05) is 0 Å². The molecule has 1 aliphatic rings. The minimum absolute atomic E-state index is 0.134. The fourth-order valence-corrected chi connectivity index (χ4v) is 2.03. The third-order valence-electron chi connectivity index (χ3n) is 3.11. The van der Waals surface area contributed by atoms with Gasteiger partial charge in [0.15, 0.2) is 11.5 Å². The summed E-state index contributed by atoms with van der Waals surface area (Å²) in [5, 5.41) is 28.6. The molecular formula is C11H15NO3. The zero-order chi connectivity index (χ0) is 11.2. The summed E-state index contributed by atoms with van der Waals surface area (Å²) in [5.74, 6) is -0.312. The summed E-state index contributed by atoms with van der Waals surface area (Å²) in [7, 11) is 1.92. The van der Waals surface area contributed by atoms with Gasteiger partial charge in [-0.3, -0.25) is 4.90 Å². The Bertz CT molecular complexity index is 392. The van der Waals surface area contributed by atoms with Gasteiger partial charge in [0.05, 0.1) is 6.10 Å². The Kier molecular flexibility index (Phi) is 2.32. The lowest BCUT2D eigenvalue weighted by Gasteiger charge is -2.35. The fourth-order valence-electron chi connectivity index (χ4n) is 2.03. The first-order valence-electron chi connectivity index (χ1n) is 4.94. The Morgan fingerprint density at radius 1 is 1.20 bits per heavy atom. The maximum Gasteiger partial charge on any atom is 0.157 e. The van der Waals surface area contributed by atoms with Gasteiger partial charge in [-0.05, 0) is 37.2 Å². The molecular weight excluding hydrogens is 194 g/mol. The van der Waals surface area contributed by atoms with E-state index in [0.717, 1.165) is 5.56 Å². The van der Waals surface area contributed by atoms with Crippen molar-refractivity contribution in [2.75, 3.05) is 13.6 Å². The van der Waals surface area contributed by atoms with Crippen molar-refractivity contribution in [3.63, 3.8) is 0 Å². The number of phenols is 2. The Labute approximate surface area is 88.4 Å². The molecule has 3 N–H and O–H groups in total. The molecule has 1 aliphatic heterocycles. The van der Waals surface area contributed by atoms with Gasteiger partial charge in [0.2, 0.25) is 0 Å². The normalized spacial score (nSPS) is 26.3. The average molecular weight is 209 g/mol. The molecule has 82 valence electrons. The van der Waals surface area contributed by atoms with Crippen LogP contribution in [0.3, 0.4) is 0 Å². The van der Waals surface area contributed by atoms with Gasteiger partial charge >= 0.3 is 0 Å². The Morgan fingerprint density at radius 2 is 1.73 bits per heavy atom. The molecule has 0 aliphatic carbocycles. The number of aliphatic hydroxyl groups excluding tert-OH is 1. The van der Waals surface area contributed by atoms with E-state index in [9.17, 15) is 15.3 Å². The zero-order valence-corrected chi connectivity index (χ0v) is 8.81. The number of phenolic OH excluding ortho intramolecular Hbond substituents is 2. The molecule has 0 bridgehead atoms. The largest absolute Gasteiger partial charge is 0.504 e. The van der Waals surface area contributed by atoms with Gasteiger partial charge < -0.3 is 15.3 Å². The number of benzene rings is 1. The van der Waals surface area contributed by atoms with Gasteiger partial charge in [-0.15, -0.1) is 0 Å². The van der Waals surface area contributed by atoms with Gasteiger partial charge in [0.1, 0.15) is 0 Å². The van der Waals surface area contributed by atoms with Gasteiger partial charge in [0.25, 0.3) is 0 Å².